The van der Waals surface area contributed by atoms with Gasteiger partial charge >= 0.3 is 0 Å². The monoisotopic (exact) mass is 422 g/mol. The molecule has 0 bridgehead atoms. The number of benzene rings is 2. The van der Waals surface area contributed by atoms with Gasteiger partial charge in [-0.3, -0.25) is 4.98 Å². The van der Waals surface area contributed by atoms with Gasteiger partial charge in [-0.1, -0.05) is 54.6 Å². The average molecular weight is 423 g/mol. The quantitative estimate of drug-likeness (QED) is 0.498. The van der Waals surface area contributed by atoms with Crippen molar-refractivity contribution in [2.45, 2.75) is 37.8 Å². The molecule has 0 radical (unpaired) electrons. The van der Waals surface area contributed by atoms with Crippen LogP contribution < -0.4 is 5.32 Å². The molecule has 156 valence electrons. The van der Waals surface area contributed by atoms with Gasteiger partial charge in [-0.15, -0.1) is 12.4 Å². The summed E-state index contributed by atoms with van der Waals surface area (Å²) in [4.78, 5) is 12.5. The molecule has 6 heteroatoms. The Hall–Kier alpha value is -2.73. The Morgan fingerprint density at radius 3 is 2.37 bits per heavy atom. The first-order valence-corrected chi connectivity index (χ1v) is 9.97. The van der Waals surface area contributed by atoms with Crippen molar-refractivity contribution in [1.29, 1.82) is 0 Å². The van der Waals surface area contributed by atoms with Crippen molar-refractivity contribution in [3.8, 4) is 22.5 Å². The largest absolute Gasteiger partial charge is 0.412 e. The second kappa shape index (κ2) is 9.39. The molecule has 30 heavy (non-hydrogen) atoms. The number of nitrogens with zero attached hydrogens (tertiary/aromatic N) is 2. The van der Waals surface area contributed by atoms with Crippen molar-refractivity contribution in [2.24, 2.45) is 0 Å². The van der Waals surface area contributed by atoms with Gasteiger partial charge in [0.2, 0.25) is 0 Å². The number of fused-ring (bicyclic) bond motifs is 1. The van der Waals surface area contributed by atoms with E-state index in [1.807, 2.05) is 18.5 Å². The van der Waals surface area contributed by atoms with Gasteiger partial charge in [0.25, 0.3) is 0 Å². The number of hydrogen-bond donors (Lipinski definition) is 2. The normalized spacial score (nSPS) is 20.9. The fourth-order valence-electron chi connectivity index (χ4n) is 4.35. The fraction of sp³-hybridized carbons (Fsp3) is 0.250. The zero-order chi connectivity index (χ0) is 18.9. The van der Waals surface area contributed by atoms with Crippen molar-refractivity contribution < 1.29 is 5.48 Å². The van der Waals surface area contributed by atoms with E-state index in [0.29, 0.717) is 18.0 Å². The van der Waals surface area contributed by atoms with Gasteiger partial charge in [-0.05, 0) is 42.5 Å². The Morgan fingerprint density at radius 2 is 1.60 bits per heavy atom. The maximum atomic E-state index is 4.67. The predicted octanol–water partition coefficient (Wildman–Crippen LogP) is 4.77. The van der Waals surface area contributed by atoms with Crippen molar-refractivity contribution in [2.75, 3.05) is 0 Å². The van der Waals surface area contributed by atoms with Gasteiger partial charge < -0.3 is 15.8 Å². The topological polar surface area (TPSA) is 85.1 Å². The van der Waals surface area contributed by atoms with E-state index in [1.54, 1.807) is 0 Å². The van der Waals surface area contributed by atoms with Gasteiger partial charge in [0, 0.05) is 24.2 Å². The molecule has 0 spiro atoms. The molecule has 0 aliphatic carbocycles. The molecule has 0 amide bonds. The fourth-order valence-corrected chi connectivity index (χ4v) is 4.35. The Balaban J connectivity index is 0.00000128. The molecule has 3 aliphatic heterocycles. The van der Waals surface area contributed by atoms with E-state index in [4.69, 9.17) is 0 Å². The maximum Gasteiger partial charge on any atom is 0.109 e. The lowest BCUT2D eigenvalue weighted by atomic mass is 9.84. The van der Waals surface area contributed by atoms with E-state index in [9.17, 15) is 0 Å². The molecule has 3 unspecified atom stereocenters. The molecule has 1 saturated heterocycles. The van der Waals surface area contributed by atoms with Crippen LogP contribution in [0.2, 0.25) is 0 Å². The highest BCUT2D eigenvalue weighted by molar-refractivity contribution is 5.85. The minimum absolute atomic E-state index is 0. The standard InChI is InChI=1S/C24H24N4.ClH.H2O/c1-16-13-20(24-26-15-23-21(28-24)11-12-25-23)14-22(27-16)19-9-7-18(8-10-19)17-5-3-2-4-6-17;;/h2-12,15-16,20,22,27H,13-14H2,1H3,(H,26,28);1H;1H2. The van der Waals surface area contributed by atoms with Crippen molar-refractivity contribution >= 4 is 12.4 Å². The van der Waals surface area contributed by atoms with E-state index in [0.717, 1.165) is 30.1 Å². The van der Waals surface area contributed by atoms with Crippen LogP contribution in [0.5, 0.6) is 0 Å². The van der Waals surface area contributed by atoms with Crippen LogP contribution in [0.4, 0.5) is 0 Å². The lowest BCUT2D eigenvalue weighted by molar-refractivity contribution is 0.299. The first kappa shape index (κ1) is 22.0. The molecule has 4 N–H and O–H groups in total. The summed E-state index contributed by atoms with van der Waals surface area (Å²) in [7, 11) is 0. The van der Waals surface area contributed by atoms with Crippen LogP contribution >= 0.6 is 12.4 Å². The maximum absolute atomic E-state index is 4.67. The van der Waals surface area contributed by atoms with Crippen LogP contribution in [0, 0.1) is 0 Å². The SMILES string of the molecule is CC1CC(c2ncc3nccc-3[nH]2)CC(c2ccc(-c3ccccc3)cc2)N1.Cl.O. The molecule has 3 heterocycles. The number of piperidine rings is 1. The first-order valence-electron chi connectivity index (χ1n) is 9.97. The first-order chi connectivity index (χ1) is 13.8. The Kier molecular flexibility index (Phi) is 6.87. The highest BCUT2D eigenvalue weighted by Crippen LogP contribution is 2.36. The second-order valence-electron chi connectivity index (χ2n) is 7.79. The molecule has 1 fully saturated rings. The number of halogens is 1. The summed E-state index contributed by atoms with van der Waals surface area (Å²) < 4.78 is 0. The molecule has 2 aromatic carbocycles. The van der Waals surface area contributed by atoms with Crippen LogP contribution in [-0.2, 0) is 0 Å². The molecule has 3 atom stereocenters. The second-order valence-corrected chi connectivity index (χ2v) is 7.79. The molecule has 2 aromatic rings. The van der Waals surface area contributed by atoms with E-state index in [2.05, 4.69) is 81.8 Å². The van der Waals surface area contributed by atoms with Crippen molar-refractivity contribution in [3.05, 3.63) is 84.4 Å². The lowest BCUT2D eigenvalue weighted by Gasteiger charge is -2.35. The smallest absolute Gasteiger partial charge is 0.109 e. The summed E-state index contributed by atoms with van der Waals surface area (Å²) in [6, 6.07) is 22.3. The molecule has 3 aliphatic rings. The zero-order valence-corrected chi connectivity index (χ0v) is 17.7. The number of aromatic nitrogens is 3. The summed E-state index contributed by atoms with van der Waals surface area (Å²) in [5.74, 6) is 1.48. The third kappa shape index (κ3) is 4.38. The highest BCUT2D eigenvalue weighted by Gasteiger charge is 2.29. The number of nitrogens with one attached hydrogen (secondary N) is 2. The summed E-state index contributed by atoms with van der Waals surface area (Å²) in [5, 5.41) is 3.77. The van der Waals surface area contributed by atoms with Crippen LogP contribution in [0.15, 0.2) is 73.1 Å². The van der Waals surface area contributed by atoms with Crippen LogP contribution in [0.25, 0.3) is 22.5 Å². The van der Waals surface area contributed by atoms with Gasteiger partial charge in [0.15, 0.2) is 0 Å². The number of hydrogen-bond acceptors (Lipinski definition) is 3. The van der Waals surface area contributed by atoms with Crippen LogP contribution in [-0.4, -0.2) is 26.5 Å². The third-order valence-corrected chi connectivity index (χ3v) is 5.77. The summed E-state index contributed by atoms with van der Waals surface area (Å²) in [6.07, 6.45) is 5.84. The zero-order valence-electron chi connectivity index (χ0n) is 16.9. The Morgan fingerprint density at radius 1 is 0.867 bits per heavy atom. The van der Waals surface area contributed by atoms with Crippen molar-refractivity contribution in [1.82, 2.24) is 20.3 Å². The highest BCUT2D eigenvalue weighted by atomic mass is 35.5. The Labute approximate surface area is 183 Å². The molecular formula is C24H27ClN4O. The summed E-state index contributed by atoms with van der Waals surface area (Å²) in [6.45, 7) is 2.26. The minimum atomic E-state index is 0. The summed E-state index contributed by atoms with van der Waals surface area (Å²) in [5.41, 5.74) is 5.85. The minimum Gasteiger partial charge on any atom is -0.412 e. The van der Waals surface area contributed by atoms with Gasteiger partial charge in [0.05, 0.1) is 11.9 Å². The van der Waals surface area contributed by atoms with E-state index >= 15 is 0 Å². The van der Waals surface area contributed by atoms with Gasteiger partial charge in [0.1, 0.15) is 11.5 Å². The van der Waals surface area contributed by atoms with E-state index in [-0.39, 0.29) is 17.9 Å². The number of aromatic amines is 1. The van der Waals surface area contributed by atoms with E-state index in [1.165, 1.54) is 16.7 Å². The molecule has 5 nitrogen and oxygen atoms in total. The van der Waals surface area contributed by atoms with E-state index < -0.39 is 0 Å². The van der Waals surface area contributed by atoms with Crippen LogP contribution in [0.1, 0.15) is 43.1 Å². The lowest BCUT2D eigenvalue weighted by Crippen LogP contribution is -2.38. The molecule has 0 saturated carbocycles. The third-order valence-electron chi connectivity index (χ3n) is 5.77. The van der Waals surface area contributed by atoms with Crippen LogP contribution in [0.3, 0.4) is 0 Å². The number of H-pyrrole nitrogens is 1. The Bertz CT molecular complexity index is 1030. The van der Waals surface area contributed by atoms with Crippen molar-refractivity contribution in [3.63, 3.8) is 0 Å². The predicted molar refractivity (Wildman–Crippen MR) is 123 cm³/mol. The van der Waals surface area contributed by atoms with Gasteiger partial charge in [-0.2, -0.15) is 0 Å². The van der Waals surface area contributed by atoms with Gasteiger partial charge in [-0.25, -0.2) is 4.98 Å². The summed E-state index contributed by atoms with van der Waals surface area (Å²) >= 11 is 0. The molecular weight excluding hydrogens is 396 g/mol. The number of rotatable bonds is 3. The average Bonchev–Trinajstić information content (AvgIpc) is 3.22. The molecule has 5 rings (SSSR count). The molecule has 0 aromatic heterocycles.